The molecule has 10 aromatic carbocycles. The molecule has 0 aliphatic rings. The largest absolute Gasteiger partial charge is 0.456 e. The molecule has 5 heterocycles. The van der Waals surface area contributed by atoms with Crippen LogP contribution in [0.25, 0.3) is 148 Å². The molecule has 5 aromatic heterocycles. The number of furan rings is 2. The Balaban J connectivity index is 0.908. The molecule has 0 radical (unpaired) electrons. The maximum absolute atomic E-state index is 6.65. The second kappa shape index (κ2) is 15.2. The van der Waals surface area contributed by atoms with E-state index in [2.05, 4.69) is 180 Å². The third kappa shape index (κ3) is 5.95. The highest BCUT2D eigenvalue weighted by Gasteiger charge is 2.22. The van der Waals surface area contributed by atoms with Crippen molar-refractivity contribution in [1.82, 2.24) is 19.5 Å². The Morgan fingerprint density at radius 1 is 0.314 bits per heavy atom. The number of nitrogens with zero attached hydrogens (tertiary/aromatic N) is 4. The number of rotatable bonds is 6. The Morgan fingerprint density at radius 2 is 0.871 bits per heavy atom. The summed E-state index contributed by atoms with van der Waals surface area (Å²) in [6.07, 6.45) is 0. The Bertz CT molecular complexity index is 4600. The van der Waals surface area contributed by atoms with Gasteiger partial charge in [-0.1, -0.05) is 140 Å². The molecular formula is C63H36N4O2S. The van der Waals surface area contributed by atoms with Crippen molar-refractivity contribution < 1.29 is 8.83 Å². The van der Waals surface area contributed by atoms with Crippen LogP contribution in [-0.2, 0) is 0 Å². The summed E-state index contributed by atoms with van der Waals surface area (Å²) in [6, 6.07) is 76.7. The number of hydrogen-bond donors (Lipinski definition) is 0. The van der Waals surface area contributed by atoms with E-state index < -0.39 is 0 Å². The molecule has 0 unspecified atom stereocenters. The van der Waals surface area contributed by atoms with Crippen molar-refractivity contribution in [2.75, 3.05) is 0 Å². The van der Waals surface area contributed by atoms with Gasteiger partial charge < -0.3 is 13.4 Å². The van der Waals surface area contributed by atoms with Gasteiger partial charge in [-0.3, -0.25) is 0 Å². The first kappa shape index (κ1) is 38.9. The number of benzene rings is 10. The first-order valence-corrected chi connectivity index (χ1v) is 24.2. The minimum atomic E-state index is 0.567. The van der Waals surface area contributed by atoms with E-state index in [0.717, 1.165) is 110 Å². The van der Waals surface area contributed by atoms with Gasteiger partial charge in [-0.15, -0.1) is 11.3 Å². The second-order valence-electron chi connectivity index (χ2n) is 17.9. The lowest BCUT2D eigenvalue weighted by molar-refractivity contribution is 0.669. The lowest BCUT2D eigenvalue weighted by Crippen LogP contribution is -2.00. The summed E-state index contributed by atoms with van der Waals surface area (Å²) in [5.41, 5.74) is 13.7. The highest BCUT2D eigenvalue weighted by Crippen LogP contribution is 2.45. The van der Waals surface area contributed by atoms with Crippen molar-refractivity contribution in [2.24, 2.45) is 0 Å². The molecule has 0 amide bonds. The van der Waals surface area contributed by atoms with E-state index >= 15 is 0 Å². The lowest BCUT2D eigenvalue weighted by Gasteiger charge is -2.10. The van der Waals surface area contributed by atoms with Gasteiger partial charge in [0, 0.05) is 74.9 Å². The number of para-hydroxylation sites is 2. The third-order valence-electron chi connectivity index (χ3n) is 13.9. The molecule has 7 heteroatoms. The van der Waals surface area contributed by atoms with Crippen LogP contribution in [-0.4, -0.2) is 19.5 Å². The van der Waals surface area contributed by atoms with Gasteiger partial charge in [-0.2, -0.15) is 0 Å². The molecule has 0 atom stereocenters. The van der Waals surface area contributed by atoms with Gasteiger partial charge in [-0.25, -0.2) is 15.0 Å². The number of thiophene rings is 1. The smallest absolute Gasteiger partial charge is 0.164 e. The monoisotopic (exact) mass is 912 g/mol. The quantitative estimate of drug-likeness (QED) is 0.166. The Morgan fingerprint density at radius 3 is 1.66 bits per heavy atom. The van der Waals surface area contributed by atoms with Crippen LogP contribution in [0, 0.1) is 0 Å². The van der Waals surface area contributed by atoms with E-state index in [1.165, 1.54) is 20.2 Å². The predicted octanol–water partition coefficient (Wildman–Crippen LogP) is 17.5. The molecule has 15 rings (SSSR count). The molecule has 0 spiro atoms. The summed E-state index contributed by atoms with van der Waals surface area (Å²) in [4.78, 5) is 15.7. The molecule has 6 nitrogen and oxygen atoms in total. The van der Waals surface area contributed by atoms with Crippen molar-refractivity contribution >= 4 is 97.2 Å². The first-order valence-electron chi connectivity index (χ1n) is 23.4. The first-order chi connectivity index (χ1) is 34.7. The second-order valence-corrected chi connectivity index (χ2v) is 18.9. The molecule has 0 aliphatic carbocycles. The minimum absolute atomic E-state index is 0.567. The van der Waals surface area contributed by atoms with E-state index in [-0.39, 0.29) is 0 Å². The number of aromatic nitrogens is 4. The van der Waals surface area contributed by atoms with E-state index in [9.17, 15) is 0 Å². The van der Waals surface area contributed by atoms with E-state index in [1.807, 2.05) is 53.8 Å². The molecule has 0 aliphatic heterocycles. The fourth-order valence-corrected chi connectivity index (χ4v) is 11.9. The number of hydrogen-bond acceptors (Lipinski definition) is 6. The minimum Gasteiger partial charge on any atom is -0.456 e. The average molecular weight is 913 g/mol. The molecule has 0 saturated heterocycles. The Labute approximate surface area is 404 Å². The SMILES string of the molecule is c1ccc(-c2nc(-c3ccc4c(c3)c3ccccc3n4-c3ccccc3)nc(-c3cccc4oc5ccc(-c6cccc7oc8cccc(-c9ccc%10c(c9)sc9ccccc9%10)c8c67)cc5c34)n2)cc1. The summed E-state index contributed by atoms with van der Waals surface area (Å²) >= 11 is 1.84. The molecule has 0 N–H and O–H groups in total. The topological polar surface area (TPSA) is 69.9 Å². The normalized spacial score (nSPS) is 12.0. The average Bonchev–Trinajstić information content (AvgIpc) is 4.19. The van der Waals surface area contributed by atoms with Crippen LogP contribution in [0.3, 0.4) is 0 Å². The summed E-state index contributed by atoms with van der Waals surface area (Å²) < 4.78 is 18.2. The fourth-order valence-electron chi connectivity index (χ4n) is 10.7. The van der Waals surface area contributed by atoms with Crippen LogP contribution < -0.4 is 0 Å². The number of fused-ring (bicyclic) bond motifs is 12. The highest BCUT2D eigenvalue weighted by atomic mass is 32.1. The molecule has 0 fully saturated rings. The zero-order valence-electron chi connectivity index (χ0n) is 37.3. The van der Waals surface area contributed by atoms with Gasteiger partial charge in [0.2, 0.25) is 0 Å². The van der Waals surface area contributed by atoms with Crippen molar-refractivity contribution in [2.45, 2.75) is 0 Å². The van der Waals surface area contributed by atoms with E-state index in [0.29, 0.717) is 17.5 Å². The van der Waals surface area contributed by atoms with Gasteiger partial charge in [-0.05, 0) is 101 Å². The van der Waals surface area contributed by atoms with Crippen LogP contribution in [0.1, 0.15) is 0 Å². The van der Waals surface area contributed by atoms with Gasteiger partial charge in [0.05, 0.1) is 11.0 Å². The molecular weight excluding hydrogens is 877 g/mol. The molecule has 70 heavy (non-hydrogen) atoms. The van der Waals surface area contributed by atoms with Gasteiger partial charge >= 0.3 is 0 Å². The van der Waals surface area contributed by atoms with E-state index in [4.69, 9.17) is 23.8 Å². The summed E-state index contributed by atoms with van der Waals surface area (Å²) in [5.74, 6) is 1.75. The van der Waals surface area contributed by atoms with Gasteiger partial charge in [0.1, 0.15) is 22.3 Å². The summed E-state index contributed by atoms with van der Waals surface area (Å²) in [6.45, 7) is 0. The molecule has 326 valence electrons. The van der Waals surface area contributed by atoms with Crippen LogP contribution in [0.4, 0.5) is 0 Å². The fraction of sp³-hybridized carbons (Fsp3) is 0. The predicted molar refractivity (Wildman–Crippen MR) is 289 cm³/mol. The molecule has 0 saturated carbocycles. The maximum atomic E-state index is 6.65. The van der Waals surface area contributed by atoms with Crippen molar-refractivity contribution in [3.8, 4) is 62.1 Å². The van der Waals surface area contributed by atoms with Crippen LogP contribution >= 0.6 is 11.3 Å². The summed E-state index contributed by atoms with van der Waals surface area (Å²) in [5, 5.41) is 8.96. The van der Waals surface area contributed by atoms with Crippen molar-refractivity contribution in [1.29, 1.82) is 0 Å². The van der Waals surface area contributed by atoms with Gasteiger partial charge in [0.15, 0.2) is 17.5 Å². The summed E-state index contributed by atoms with van der Waals surface area (Å²) in [7, 11) is 0. The molecule has 0 bridgehead atoms. The highest BCUT2D eigenvalue weighted by molar-refractivity contribution is 7.25. The molecule has 15 aromatic rings. The van der Waals surface area contributed by atoms with Gasteiger partial charge in [0.25, 0.3) is 0 Å². The Kier molecular flexibility index (Phi) is 8.43. The van der Waals surface area contributed by atoms with Crippen LogP contribution in [0.5, 0.6) is 0 Å². The Hall–Kier alpha value is -9.17. The zero-order valence-corrected chi connectivity index (χ0v) is 38.1. The zero-order chi connectivity index (χ0) is 45.9. The maximum Gasteiger partial charge on any atom is 0.164 e. The third-order valence-corrected chi connectivity index (χ3v) is 15.0. The van der Waals surface area contributed by atoms with Crippen LogP contribution in [0.2, 0.25) is 0 Å². The lowest BCUT2D eigenvalue weighted by atomic mass is 9.93. The van der Waals surface area contributed by atoms with Crippen molar-refractivity contribution in [3.63, 3.8) is 0 Å². The van der Waals surface area contributed by atoms with Crippen molar-refractivity contribution in [3.05, 3.63) is 218 Å². The standard InChI is InChI=1S/C63H36N4O2S/c1-3-14-37(15-4-1)61-64-62(40-29-32-51-48(35-40)44-18-7-9-23-50(44)67(51)41-16-5-2-6-17-41)66-63(65-61)47-22-13-24-53-58(47)49-34-38(30-33-52(49)68-53)42-20-11-25-54-59(42)60-43(21-12-26-55(60)69-54)39-28-31-46-45-19-8-10-27-56(45)70-57(46)36-39/h1-36H. The van der Waals surface area contributed by atoms with E-state index in [1.54, 1.807) is 0 Å². The van der Waals surface area contributed by atoms with Crippen LogP contribution in [0.15, 0.2) is 227 Å².